The Morgan fingerprint density at radius 2 is 1.85 bits per heavy atom. The van der Waals surface area contributed by atoms with E-state index in [4.69, 9.17) is 14.2 Å². The predicted octanol–water partition coefficient (Wildman–Crippen LogP) is 3.14. The van der Waals surface area contributed by atoms with Crippen LogP contribution in [0.3, 0.4) is 0 Å². The summed E-state index contributed by atoms with van der Waals surface area (Å²) in [7, 11) is 0. The van der Waals surface area contributed by atoms with Gasteiger partial charge in [-0.15, -0.1) is 0 Å². The summed E-state index contributed by atoms with van der Waals surface area (Å²) in [5.41, 5.74) is 0.300. The Hall–Kier alpha value is -1.40. The van der Waals surface area contributed by atoms with E-state index in [1.807, 2.05) is 6.08 Å². The Labute approximate surface area is 157 Å². The molecule has 6 nitrogen and oxygen atoms in total. The van der Waals surface area contributed by atoms with E-state index in [0.717, 1.165) is 12.8 Å². The molecule has 0 saturated carbocycles. The van der Waals surface area contributed by atoms with Crippen molar-refractivity contribution in [2.75, 3.05) is 6.61 Å². The van der Waals surface area contributed by atoms with Gasteiger partial charge in [0.15, 0.2) is 0 Å². The van der Waals surface area contributed by atoms with Crippen LogP contribution in [-0.4, -0.2) is 48.4 Å². The van der Waals surface area contributed by atoms with Crippen LogP contribution >= 0.6 is 0 Å². The highest BCUT2D eigenvalue weighted by Crippen LogP contribution is 2.28. The molecule has 0 radical (unpaired) electrons. The Morgan fingerprint density at radius 3 is 2.31 bits per heavy atom. The van der Waals surface area contributed by atoms with Crippen molar-refractivity contribution in [3.8, 4) is 0 Å². The lowest BCUT2D eigenvalue weighted by Crippen LogP contribution is -2.58. The molecule has 0 unspecified atom stereocenters. The molecule has 0 spiro atoms. The summed E-state index contributed by atoms with van der Waals surface area (Å²) in [4.78, 5) is 23.9. The second-order valence-corrected chi connectivity index (χ2v) is 7.72. The van der Waals surface area contributed by atoms with Crippen molar-refractivity contribution < 1.29 is 23.8 Å². The molecule has 1 aliphatic carbocycles. The molecule has 0 fully saturated rings. The van der Waals surface area contributed by atoms with Gasteiger partial charge in [0, 0.05) is 24.5 Å². The summed E-state index contributed by atoms with van der Waals surface area (Å²) < 4.78 is 17.0. The molecule has 0 amide bonds. The van der Waals surface area contributed by atoms with Gasteiger partial charge in [0.2, 0.25) is 0 Å². The maximum Gasteiger partial charge on any atom is 0.333 e. The highest BCUT2D eigenvalue weighted by Gasteiger charge is 2.40. The normalized spacial score (nSPS) is 23.5. The molecule has 0 saturated heterocycles. The smallest absolute Gasteiger partial charge is 0.333 e. The standard InChI is InChI=1S/C20H35NO5/c1-8-15(9-2)26-17-12-14(19(23)24-10-3)11-16(25-13(4)22)18(17)21-20(5,6)7/h12,15-18,21H,8-11H2,1-7H3/t16-,17+,18+/m0/s1. The molecule has 0 aliphatic heterocycles. The Bertz CT molecular complexity index is 505. The summed E-state index contributed by atoms with van der Waals surface area (Å²) in [5, 5.41) is 3.51. The lowest BCUT2D eigenvalue weighted by molar-refractivity contribution is -0.153. The Kier molecular flexibility index (Phi) is 8.77. The van der Waals surface area contributed by atoms with Gasteiger partial charge in [-0.05, 0) is 46.6 Å². The van der Waals surface area contributed by atoms with Gasteiger partial charge in [0.25, 0.3) is 0 Å². The minimum absolute atomic E-state index is 0.0695. The molecule has 0 bridgehead atoms. The molecule has 6 heteroatoms. The maximum absolute atomic E-state index is 12.3. The first-order valence-corrected chi connectivity index (χ1v) is 9.59. The van der Waals surface area contributed by atoms with Gasteiger partial charge in [0.1, 0.15) is 6.10 Å². The third kappa shape index (κ3) is 7.08. The summed E-state index contributed by atoms with van der Waals surface area (Å²) in [6.45, 7) is 13.8. The molecule has 3 atom stereocenters. The summed E-state index contributed by atoms with van der Waals surface area (Å²) >= 11 is 0. The second kappa shape index (κ2) is 10.1. The van der Waals surface area contributed by atoms with E-state index in [1.165, 1.54) is 6.92 Å². The third-order valence-corrected chi connectivity index (χ3v) is 4.26. The van der Waals surface area contributed by atoms with E-state index in [2.05, 4.69) is 39.9 Å². The molecule has 0 aromatic rings. The van der Waals surface area contributed by atoms with Crippen molar-refractivity contribution in [3.63, 3.8) is 0 Å². The van der Waals surface area contributed by atoms with Gasteiger partial charge in [-0.2, -0.15) is 0 Å². The van der Waals surface area contributed by atoms with Gasteiger partial charge in [-0.3, -0.25) is 4.79 Å². The van der Waals surface area contributed by atoms with Crippen LogP contribution in [0.5, 0.6) is 0 Å². The summed E-state index contributed by atoms with van der Waals surface area (Å²) in [5.74, 6) is -0.751. The molecule has 0 aromatic heterocycles. The highest BCUT2D eigenvalue weighted by atomic mass is 16.6. The molecule has 0 aromatic carbocycles. The van der Waals surface area contributed by atoms with E-state index in [0.29, 0.717) is 18.6 Å². The molecule has 150 valence electrons. The average Bonchev–Trinajstić information content (AvgIpc) is 2.53. The monoisotopic (exact) mass is 369 g/mol. The van der Waals surface area contributed by atoms with E-state index in [1.54, 1.807) is 6.92 Å². The van der Waals surface area contributed by atoms with Gasteiger partial charge >= 0.3 is 11.9 Å². The molecule has 1 aliphatic rings. The van der Waals surface area contributed by atoms with Gasteiger partial charge in [-0.1, -0.05) is 13.8 Å². The van der Waals surface area contributed by atoms with Crippen molar-refractivity contribution in [1.29, 1.82) is 0 Å². The first-order chi connectivity index (χ1) is 12.1. The first-order valence-electron chi connectivity index (χ1n) is 9.59. The quantitative estimate of drug-likeness (QED) is 0.663. The van der Waals surface area contributed by atoms with Crippen LogP contribution in [0.15, 0.2) is 11.6 Å². The SMILES string of the molecule is CCOC(=O)C1=C[C@@H](OC(CC)CC)[C@H](NC(C)(C)C)[C@@H](OC(C)=O)C1. The zero-order valence-corrected chi connectivity index (χ0v) is 17.3. The lowest BCUT2D eigenvalue weighted by atomic mass is 9.87. The van der Waals surface area contributed by atoms with E-state index < -0.39 is 6.10 Å². The molecular weight excluding hydrogens is 334 g/mol. The van der Waals surface area contributed by atoms with Crippen LogP contribution in [-0.2, 0) is 23.8 Å². The molecule has 1 N–H and O–H groups in total. The summed E-state index contributed by atoms with van der Waals surface area (Å²) in [6, 6.07) is -0.238. The van der Waals surface area contributed by atoms with Crippen LogP contribution in [0.2, 0.25) is 0 Å². The van der Waals surface area contributed by atoms with Crippen molar-refractivity contribution >= 4 is 11.9 Å². The minimum atomic E-state index is -0.490. The van der Waals surface area contributed by atoms with Gasteiger partial charge < -0.3 is 19.5 Å². The maximum atomic E-state index is 12.3. The molecule has 26 heavy (non-hydrogen) atoms. The van der Waals surface area contributed by atoms with Crippen LogP contribution in [0.4, 0.5) is 0 Å². The number of hydrogen-bond donors (Lipinski definition) is 1. The summed E-state index contributed by atoms with van der Waals surface area (Å²) in [6.07, 6.45) is 3.09. The van der Waals surface area contributed by atoms with Crippen molar-refractivity contribution in [2.45, 2.75) is 97.6 Å². The average molecular weight is 370 g/mol. The van der Waals surface area contributed by atoms with Gasteiger partial charge in [0.05, 0.1) is 24.9 Å². The Morgan fingerprint density at radius 1 is 1.23 bits per heavy atom. The fourth-order valence-electron chi connectivity index (χ4n) is 3.13. The van der Waals surface area contributed by atoms with Crippen molar-refractivity contribution in [3.05, 3.63) is 11.6 Å². The topological polar surface area (TPSA) is 73.9 Å². The molecular formula is C20H35NO5. The van der Waals surface area contributed by atoms with E-state index >= 15 is 0 Å². The van der Waals surface area contributed by atoms with E-state index in [-0.39, 0.29) is 35.7 Å². The first kappa shape index (κ1) is 22.6. The van der Waals surface area contributed by atoms with Gasteiger partial charge in [-0.25, -0.2) is 4.79 Å². The number of carbonyl (C=O) groups is 2. The fourth-order valence-corrected chi connectivity index (χ4v) is 3.13. The number of ether oxygens (including phenoxy) is 3. The zero-order chi connectivity index (χ0) is 19.9. The van der Waals surface area contributed by atoms with Crippen molar-refractivity contribution in [2.24, 2.45) is 0 Å². The zero-order valence-electron chi connectivity index (χ0n) is 17.3. The van der Waals surface area contributed by atoms with Crippen LogP contribution in [0.25, 0.3) is 0 Å². The highest BCUT2D eigenvalue weighted by molar-refractivity contribution is 5.89. The molecule has 1 rings (SSSR count). The predicted molar refractivity (Wildman–Crippen MR) is 101 cm³/mol. The third-order valence-electron chi connectivity index (χ3n) is 4.26. The number of esters is 2. The fraction of sp³-hybridized carbons (Fsp3) is 0.800. The lowest BCUT2D eigenvalue weighted by Gasteiger charge is -2.41. The number of carbonyl (C=O) groups excluding carboxylic acids is 2. The largest absolute Gasteiger partial charge is 0.463 e. The van der Waals surface area contributed by atoms with Crippen LogP contribution < -0.4 is 5.32 Å². The number of hydrogen-bond acceptors (Lipinski definition) is 6. The number of rotatable bonds is 8. The minimum Gasteiger partial charge on any atom is -0.463 e. The van der Waals surface area contributed by atoms with E-state index in [9.17, 15) is 9.59 Å². The van der Waals surface area contributed by atoms with Crippen molar-refractivity contribution in [1.82, 2.24) is 5.32 Å². The Balaban J connectivity index is 3.22. The molecule has 0 heterocycles. The second-order valence-electron chi connectivity index (χ2n) is 7.72. The number of nitrogens with one attached hydrogen (secondary N) is 1. The van der Waals surface area contributed by atoms with Crippen LogP contribution in [0.1, 0.15) is 67.7 Å². The van der Waals surface area contributed by atoms with Crippen LogP contribution in [0, 0.1) is 0 Å².